The third-order valence-electron chi connectivity index (χ3n) is 3.16. The van der Waals surface area contributed by atoms with E-state index in [0.29, 0.717) is 34.7 Å². The third-order valence-corrected chi connectivity index (χ3v) is 3.16. The van der Waals surface area contributed by atoms with Gasteiger partial charge in [0.25, 0.3) is 11.5 Å². The Balaban J connectivity index is 2.27. The predicted molar refractivity (Wildman–Crippen MR) is 75.1 cm³/mol. The normalized spacial score (nSPS) is 14.1. The summed E-state index contributed by atoms with van der Waals surface area (Å²) in [6.07, 6.45) is 1.63. The number of nitrogens with zero attached hydrogens (tertiary/aromatic N) is 2. The molecule has 0 spiro atoms. The molecule has 0 aliphatic carbocycles. The van der Waals surface area contributed by atoms with Crippen LogP contribution in [0.25, 0.3) is 10.9 Å². The number of benzene rings is 1. The molecule has 0 atom stereocenters. The molecule has 3 rings (SSSR count). The minimum atomic E-state index is -0.230. The van der Waals surface area contributed by atoms with Crippen LogP contribution in [0.15, 0.2) is 29.6 Å². The van der Waals surface area contributed by atoms with Crippen LogP contribution in [-0.4, -0.2) is 29.0 Å². The van der Waals surface area contributed by atoms with Crippen molar-refractivity contribution in [2.45, 2.75) is 6.92 Å². The first-order chi connectivity index (χ1) is 9.60. The van der Waals surface area contributed by atoms with E-state index in [1.54, 1.807) is 30.0 Å². The number of hydrogen-bond acceptors (Lipinski definition) is 4. The number of carbonyl (C=O) groups is 1. The second-order valence-corrected chi connectivity index (χ2v) is 4.57. The van der Waals surface area contributed by atoms with Gasteiger partial charge in [-0.05, 0) is 13.0 Å². The van der Waals surface area contributed by atoms with Crippen LogP contribution in [0.3, 0.4) is 0 Å². The van der Waals surface area contributed by atoms with E-state index >= 15 is 0 Å². The van der Waals surface area contributed by atoms with Crippen LogP contribution in [0.2, 0.25) is 0 Å². The van der Waals surface area contributed by atoms with E-state index in [2.05, 4.69) is 16.5 Å². The minimum Gasteiger partial charge on any atom is -0.481 e. The number of ether oxygens (including phenoxy) is 1. The van der Waals surface area contributed by atoms with Gasteiger partial charge in [0, 0.05) is 12.6 Å². The molecule has 6 nitrogen and oxygen atoms in total. The number of aromatic amines is 1. The lowest BCUT2D eigenvalue weighted by Crippen LogP contribution is -2.38. The topological polar surface area (TPSA) is 75.3 Å². The van der Waals surface area contributed by atoms with E-state index in [1.165, 1.54) is 0 Å². The molecule has 2 aromatic rings. The first-order valence-corrected chi connectivity index (χ1v) is 6.19. The zero-order valence-corrected chi connectivity index (χ0v) is 11.0. The Bertz CT molecular complexity index is 779. The van der Waals surface area contributed by atoms with Crippen molar-refractivity contribution in [1.82, 2.24) is 9.97 Å². The monoisotopic (exact) mass is 271 g/mol. The molecule has 1 aromatic carbocycles. The highest BCUT2D eigenvalue weighted by molar-refractivity contribution is 6.00. The number of nitrogens with one attached hydrogen (secondary N) is 1. The van der Waals surface area contributed by atoms with Crippen LogP contribution in [0.1, 0.15) is 5.82 Å². The highest BCUT2D eigenvalue weighted by Gasteiger charge is 2.25. The average molecular weight is 271 g/mol. The molecule has 2 heterocycles. The zero-order chi connectivity index (χ0) is 14.3. The van der Waals surface area contributed by atoms with Gasteiger partial charge in [-0.1, -0.05) is 6.08 Å². The summed E-state index contributed by atoms with van der Waals surface area (Å²) in [6, 6.07) is 3.33. The number of anilines is 1. The van der Waals surface area contributed by atoms with Gasteiger partial charge < -0.3 is 14.6 Å². The molecular weight excluding hydrogens is 258 g/mol. The van der Waals surface area contributed by atoms with Gasteiger partial charge in [-0.15, -0.1) is 6.58 Å². The smallest absolute Gasteiger partial charge is 0.265 e. The maximum absolute atomic E-state index is 12.0. The van der Waals surface area contributed by atoms with Crippen molar-refractivity contribution in [3.8, 4) is 5.75 Å². The largest absolute Gasteiger partial charge is 0.481 e. The Morgan fingerprint density at radius 3 is 3.05 bits per heavy atom. The molecular formula is C14H13N3O3. The van der Waals surface area contributed by atoms with Crippen molar-refractivity contribution >= 4 is 22.5 Å². The molecule has 0 fully saturated rings. The number of rotatable bonds is 2. The molecule has 20 heavy (non-hydrogen) atoms. The van der Waals surface area contributed by atoms with Crippen LogP contribution in [0.5, 0.6) is 5.75 Å². The second kappa shape index (κ2) is 4.48. The van der Waals surface area contributed by atoms with Crippen molar-refractivity contribution in [2.75, 3.05) is 18.1 Å². The highest BCUT2D eigenvalue weighted by Crippen LogP contribution is 2.34. The SMILES string of the molecule is C=CCN1C(=O)COc2cc3nc(C)[nH]c(=O)c3cc21. The number of hydrogen-bond donors (Lipinski definition) is 1. The summed E-state index contributed by atoms with van der Waals surface area (Å²) in [6.45, 7) is 5.71. The standard InChI is InChI=1S/C14H13N3O3/c1-3-4-17-11-5-9-10(15-8(2)16-14(9)19)6-12(11)20-7-13(17)18/h3,5-6H,1,4,7H2,2H3,(H,15,16,19). The Hall–Kier alpha value is -2.63. The molecule has 1 N–H and O–H groups in total. The number of amides is 1. The van der Waals surface area contributed by atoms with Gasteiger partial charge in [-0.25, -0.2) is 4.98 Å². The maximum atomic E-state index is 12.0. The van der Waals surface area contributed by atoms with Gasteiger partial charge in [0.05, 0.1) is 16.6 Å². The molecule has 0 unspecified atom stereocenters. The molecule has 1 amide bonds. The van der Waals surface area contributed by atoms with Gasteiger partial charge in [-0.2, -0.15) is 0 Å². The Morgan fingerprint density at radius 1 is 1.50 bits per heavy atom. The average Bonchev–Trinajstić information content (AvgIpc) is 2.40. The van der Waals surface area contributed by atoms with E-state index in [9.17, 15) is 9.59 Å². The second-order valence-electron chi connectivity index (χ2n) is 4.57. The lowest BCUT2D eigenvalue weighted by atomic mass is 10.1. The van der Waals surface area contributed by atoms with Gasteiger partial charge in [0.1, 0.15) is 11.6 Å². The van der Waals surface area contributed by atoms with Gasteiger partial charge >= 0.3 is 0 Å². The molecule has 1 aromatic heterocycles. The van der Waals surface area contributed by atoms with E-state index in [1.807, 2.05) is 0 Å². The van der Waals surface area contributed by atoms with Crippen LogP contribution in [-0.2, 0) is 4.79 Å². The maximum Gasteiger partial charge on any atom is 0.265 e. The summed E-state index contributed by atoms with van der Waals surface area (Å²) in [7, 11) is 0. The summed E-state index contributed by atoms with van der Waals surface area (Å²) in [5.74, 6) is 0.932. The first kappa shape index (κ1) is 12.4. The number of carbonyl (C=O) groups excluding carboxylic acids is 1. The van der Waals surface area contributed by atoms with E-state index in [4.69, 9.17) is 4.74 Å². The quantitative estimate of drug-likeness (QED) is 0.831. The van der Waals surface area contributed by atoms with Gasteiger partial charge in [-0.3, -0.25) is 9.59 Å². The Morgan fingerprint density at radius 2 is 2.30 bits per heavy atom. The zero-order valence-electron chi connectivity index (χ0n) is 11.0. The van der Waals surface area contributed by atoms with E-state index in [0.717, 1.165) is 0 Å². The number of H-pyrrole nitrogens is 1. The summed E-state index contributed by atoms with van der Waals surface area (Å²) < 4.78 is 5.42. The molecule has 1 aliphatic heterocycles. The fraction of sp³-hybridized carbons (Fsp3) is 0.214. The summed E-state index contributed by atoms with van der Waals surface area (Å²) in [5.41, 5.74) is 0.898. The van der Waals surface area contributed by atoms with Crippen LogP contribution in [0, 0.1) is 6.92 Å². The van der Waals surface area contributed by atoms with E-state index in [-0.39, 0.29) is 18.1 Å². The fourth-order valence-electron chi connectivity index (χ4n) is 2.28. The van der Waals surface area contributed by atoms with Crippen molar-refractivity contribution < 1.29 is 9.53 Å². The highest BCUT2D eigenvalue weighted by atomic mass is 16.5. The lowest BCUT2D eigenvalue weighted by molar-refractivity contribution is -0.121. The van der Waals surface area contributed by atoms with Crippen molar-refractivity contribution in [1.29, 1.82) is 0 Å². The van der Waals surface area contributed by atoms with Crippen LogP contribution < -0.4 is 15.2 Å². The van der Waals surface area contributed by atoms with Crippen molar-refractivity contribution in [2.24, 2.45) is 0 Å². The number of fused-ring (bicyclic) bond motifs is 2. The van der Waals surface area contributed by atoms with Crippen molar-refractivity contribution in [3.63, 3.8) is 0 Å². The number of aryl methyl sites for hydroxylation is 1. The van der Waals surface area contributed by atoms with E-state index < -0.39 is 0 Å². The van der Waals surface area contributed by atoms with Gasteiger partial charge in [0.15, 0.2) is 6.61 Å². The number of aromatic nitrogens is 2. The summed E-state index contributed by atoms with van der Waals surface area (Å²) >= 11 is 0. The van der Waals surface area contributed by atoms with Gasteiger partial charge in [0.2, 0.25) is 0 Å². The molecule has 0 saturated heterocycles. The molecule has 102 valence electrons. The molecule has 1 aliphatic rings. The van der Waals surface area contributed by atoms with Crippen LogP contribution in [0.4, 0.5) is 5.69 Å². The lowest BCUT2D eigenvalue weighted by Gasteiger charge is -2.28. The summed E-state index contributed by atoms with van der Waals surface area (Å²) in [5, 5.41) is 0.432. The third kappa shape index (κ3) is 1.85. The Kier molecular flexibility index (Phi) is 2.78. The summed E-state index contributed by atoms with van der Waals surface area (Å²) in [4.78, 5) is 32.3. The molecule has 0 radical (unpaired) electrons. The molecule has 0 saturated carbocycles. The molecule has 6 heteroatoms. The van der Waals surface area contributed by atoms with Crippen LogP contribution >= 0.6 is 0 Å². The molecule has 0 bridgehead atoms. The first-order valence-electron chi connectivity index (χ1n) is 6.19. The van der Waals surface area contributed by atoms with Crippen molar-refractivity contribution in [3.05, 3.63) is 41.0 Å². The minimum absolute atomic E-state index is 0.0193. The Labute approximate surface area is 114 Å². The predicted octanol–water partition coefficient (Wildman–Crippen LogP) is 1.14. The fourth-order valence-corrected chi connectivity index (χ4v) is 2.28.